The minimum Gasteiger partial charge on any atom is -0.322 e. The molecule has 5 nitrogen and oxygen atoms in total. The summed E-state index contributed by atoms with van der Waals surface area (Å²) in [5.74, 6) is 0. The Morgan fingerprint density at radius 1 is 0.848 bits per heavy atom. The molecule has 0 amide bonds. The lowest BCUT2D eigenvalue weighted by Gasteiger charge is -2.34. The number of aromatic amines is 1. The Kier molecular flexibility index (Phi) is 6.52. The molecule has 33 heavy (non-hydrogen) atoms. The predicted molar refractivity (Wildman–Crippen MR) is 134 cm³/mol. The van der Waals surface area contributed by atoms with Crippen LogP contribution in [0.4, 0.5) is 0 Å². The second kappa shape index (κ2) is 9.07. The van der Waals surface area contributed by atoms with Crippen molar-refractivity contribution in [1.82, 2.24) is 9.29 Å². The molecular formula is C27H34N2O3S. The highest BCUT2D eigenvalue weighted by Gasteiger charge is 2.35. The highest BCUT2D eigenvalue weighted by atomic mass is 32.2. The van der Waals surface area contributed by atoms with E-state index in [1.54, 1.807) is 4.31 Å². The third-order valence-corrected chi connectivity index (χ3v) is 9.22. The average molecular weight is 467 g/mol. The Labute approximate surface area is 196 Å². The lowest BCUT2D eigenvalue weighted by molar-refractivity contribution is 0.247. The number of nitrogens with one attached hydrogen (secondary N) is 1. The number of rotatable bonds is 5. The number of aryl methyl sites for hydroxylation is 5. The number of nitrogens with zero attached hydrogens (tertiary/aromatic N) is 1. The number of aromatic nitrogens is 1. The van der Waals surface area contributed by atoms with Crippen molar-refractivity contribution in [3.63, 3.8) is 0 Å². The van der Waals surface area contributed by atoms with E-state index < -0.39 is 10.0 Å². The monoisotopic (exact) mass is 466 g/mol. The van der Waals surface area contributed by atoms with Crippen LogP contribution in [0, 0.1) is 34.6 Å². The van der Waals surface area contributed by atoms with Gasteiger partial charge in [0.1, 0.15) is 0 Å². The van der Waals surface area contributed by atoms with Gasteiger partial charge < -0.3 is 4.98 Å². The van der Waals surface area contributed by atoms with Gasteiger partial charge in [-0.2, -0.15) is 4.31 Å². The topological polar surface area (TPSA) is 70.2 Å². The molecule has 0 spiro atoms. The van der Waals surface area contributed by atoms with E-state index in [2.05, 4.69) is 11.1 Å². The highest BCUT2D eigenvalue weighted by Crippen LogP contribution is 2.32. The summed E-state index contributed by atoms with van der Waals surface area (Å²) in [6, 6.07) is 9.64. The maximum atomic E-state index is 14.1. The smallest absolute Gasteiger partial charge is 0.252 e. The Bertz CT molecular complexity index is 1340. The predicted octanol–water partition coefficient (Wildman–Crippen LogP) is 5.59. The van der Waals surface area contributed by atoms with Crippen LogP contribution in [-0.4, -0.2) is 23.7 Å². The molecule has 1 heterocycles. The van der Waals surface area contributed by atoms with Crippen molar-refractivity contribution in [2.45, 2.75) is 84.2 Å². The summed E-state index contributed by atoms with van der Waals surface area (Å²) in [5, 5.41) is 0.927. The van der Waals surface area contributed by atoms with Gasteiger partial charge in [-0.25, -0.2) is 8.42 Å². The zero-order chi connectivity index (χ0) is 23.9. The third-order valence-electron chi connectivity index (χ3n) is 7.01. The molecule has 0 bridgehead atoms. The van der Waals surface area contributed by atoms with Gasteiger partial charge in [-0.15, -0.1) is 0 Å². The fourth-order valence-electron chi connectivity index (χ4n) is 5.28. The zero-order valence-corrected chi connectivity index (χ0v) is 21.1. The minimum absolute atomic E-state index is 0.0813. The van der Waals surface area contributed by atoms with Crippen molar-refractivity contribution in [1.29, 1.82) is 0 Å². The molecule has 1 saturated carbocycles. The van der Waals surface area contributed by atoms with Crippen LogP contribution < -0.4 is 5.56 Å². The molecule has 0 atom stereocenters. The quantitative estimate of drug-likeness (QED) is 0.532. The molecule has 3 aromatic rings. The summed E-state index contributed by atoms with van der Waals surface area (Å²) in [7, 11) is -3.78. The molecule has 1 aliphatic carbocycles. The van der Waals surface area contributed by atoms with Crippen LogP contribution in [0.25, 0.3) is 10.9 Å². The summed E-state index contributed by atoms with van der Waals surface area (Å²) in [5.41, 5.74) is 5.86. The molecule has 176 valence electrons. The molecule has 2 aromatic carbocycles. The van der Waals surface area contributed by atoms with E-state index in [1.807, 2.05) is 58.9 Å². The van der Waals surface area contributed by atoms with E-state index in [-0.39, 0.29) is 18.1 Å². The Morgan fingerprint density at radius 2 is 1.45 bits per heavy atom. The number of benzene rings is 2. The lowest BCUT2D eigenvalue weighted by atomic mass is 9.95. The van der Waals surface area contributed by atoms with Gasteiger partial charge in [-0.3, -0.25) is 4.79 Å². The van der Waals surface area contributed by atoms with Gasteiger partial charge in [0.2, 0.25) is 10.0 Å². The second-order valence-electron chi connectivity index (χ2n) is 9.72. The van der Waals surface area contributed by atoms with E-state index in [9.17, 15) is 13.2 Å². The van der Waals surface area contributed by atoms with Crippen LogP contribution in [0.2, 0.25) is 0 Å². The maximum Gasteiger partial charge on any atom is 0.252 e. The van der Waals surface area contributed by atoms with Gasteiger partial charge in [-0.1, -0.05) is 37.0 Å². The molecule has 4 rings (SSSR count). The van der Waals surface area contributed by atoms with Crippen LogP contribution in [0.15, 0.2) is 40.0 Å². The Morgan fingerprint density at radius 3 is 2.09 bits per heavy atom. The summed E-state index contributed by atoms with van der Waals surface area (Å²) in [4.78, 5) is 16.4. The number of H-pyrrole nitrogens is 1. The third kappa shape index (κ3) is 4.64. The van der Waals surface area contributed by atoms with Crippen LogP contribution in [0.1, 0.15) is 65.5 Å². The molecular weight excluding hydrogens is 432 g/mol. The molecule has 0 saturated heterocycles. The van der Waals surface area contributed by atoms with Gasteiger partial charge in [0.15, 0.2) is 0 Å². The van der Waals surface area contributed by atoms with Gasteiger partial charge in [0, 0.05) is 23.7 Å². The molecule has 0 unspecified atom stereocenters. The largest absolute Gasteiger partial charge is 0.322 e. The molecule has 1 aliphatic rings. The van der Waals surface area contributed by atoms with Crippen LogP contribution in [0.3, 0.4) is 0 Å². The standard InChI is InChI=1S/C27H34N2O3S/c1-17-11-20(4)26(21(5)12-17)33(31,32)29(24-9-7-6-8-10-24)16-23-15-22-13-18(2)19(3)14-25(22)28-27(23)30/h11-15,24H,6-10,16H2,1-5H3,(H,28,30). The van der Waals surface area contributed by atoms with Crippen LogP contribution >= 0.6 is 0 Å². The summed E-state index contributed by atoms with van der Waals surface area (Å²) in [6.07, 6.45) is 4.80. The van der Waals surface area contributed by atoms with Crippen molar-refractivity contribution in [2.75, 3.05) is 0 Å². The van der Waals surface area contributed by atoms with Gasteiger partial charge in [0.25, 0.3) is 5.56 Å². The SMILES string of the molecule is Cc1cc(C)c(S(=O)(=O)N(Cc2cc3cc(C)c(C)cc3[nH]c2=O)C2CCCCC2)c(C)c1. The van der Waals surface area contributed by atoms with Crippen LogP contribution in [0.5, 0.6) is 0 Å². The highest BCUT2D eigenvalue weighted by molar-refractivity contribution is 7.89. The second-order valence-corrected chi connectivity index (χ2v) is 11.5. The first-order chi connectivity index (χ1) is 15.6. The molecule has 1 fully saturated rings. The van der Waals surface area contributed by atoms with E-state index in [0.29, 0.717) is 10.5 Å². The molecule has 1 aromatic heterocycles. The van der Waals surface area contributed by atoms with Crippen molar-refractivity contribution >= 4 is 20.9 Å². The molecule has 0 radical (unpaired) electrons. The molecule has 6 heteroatoms. The van der Waals surface area contributed by atoms with Crippen molar-refractivity contribution in [2.24, 2.45) is 0 Å². The zero-order valence-electron chi connectivity index (χ0n) is 20.3. The summed E-state index contributed by atoms with van der Waals surface area (Å²) < 4.78 is 29.8. The first-order valence-corrected chi connectivity index (χ1v) is 13.2. The van der Waals surface area contributed by atoms with Gasteiger partial charge >= 0.3 is 0 Å². The molecule has 1 N–H and O–H groups in total. The summed E-state index contributed by atoms with van der Waals surface area (Å²) >= 11 is 0. The average Bonchev–Trinajstić information content (AvgIpc) is 2.73. The van der Waals surface area contributed by atoms with E-state index in [4.69, 9.17) is 0 Å². The number of hydrogen-bond acceptors (Lipinski definition) is 3. The number of fused-ring (bicyclic) bond motifs is 1. The van der Waals surface area contributed by atoms with E-state index in [0.717, 1.165) is 70.8 Å². The number of sulfonamides is 1. The van der Waals surface area contributed by atoms with E-state index in [1.165, 1.54) is 0 Å². The minimum atomic E-state index is -3.78. The Hall–Kier alpha value is -2.44. The first kappa shape index (κ1) is 23.7. The normalized spacial score (nSPS) is 15.5. The maximum absolute atomic E-state index is 14.1. The molecule has 0 aliphatic heterocycles. The number of hydrogen-bond donors (Lipinski definition) is 1. The van der Waals surface area contributed by atoms with Crippen molar-refractivity contribution in [3.8, 4) is 0 Å². The van der Waals surface area contributed by atoms with Gasteiger partial charge in [0.05, 0.1) is 4.90 Å². The number of pyridine rings is 1. The van der Waals surface area contributed by atoms with Gasteiger partial charge in [-0.05, 0) is 93.3 Å². The summed E-state index contributed by atoms with van der Waals surface area (Å²) in [6.45, 7) is 9.84. The van der Waals surface area contributed by atoms with E-state index >= 15 is 0 Å². The van der Waals surface area contributed by atoms with Crippen molar-refractivity contribution < 1.29 is 8.42 Å². The van der Waals surface area contributed by atoms with Crippen LogP contribution in [-0.2, 0) is 16.6 Å². The first-order valence-electron chi connectivity index (χ1n) is 11.8. The van der Waals surface area contributed by atoms with Crippen molar-refractivity contribution in [3.05, 3.63) is 74.1 Å². The Balaban J connectivity index is 1.83. The lowest BCUT2D eigenvalue weighted by Crippen LogP contribution is -2.42. The fraction of sp³-hybridized carbons (Fsp3) is 0.444. The fourth-order valence-corrected chi connectivity index (χ4v) is 7.36.